The van der Waals surface area contributed by atoms with E-state index >= 15 is 0 Å². The maximum atomic E-state index is 6.66. The summed E-state index contributed by atoms with van der Waals surface area (Å²) >= 11 is 0. The summed E-state index contributed by atoms with van der Waals surface area (Å²) < 4.78 is 6.66. The molecule has 0 saturated heterocycles. The summed E-state index contributed by atoms with van der Waals surface area (Å²) in [5.41, 5.74) is 5.58. The molecule has 1 aromatic carbocycles. The molecular formula is C29H50O. The summed E-state index contributed by atoms with van der Waals surface area (Å²) in [6, 6.07) is 2.33. The highest BCUT2D eigenvalue weighted by Crippen LogP contribution is 2.41. The molecule has 1 aliphatic heterocycles. The van der Waals surface area contributed by atoms with Gasteiger partial charge in [0, 0.05) is 0 Å². The van der Waals surface area contributed by atoms with Crippen LogP contribution in [0.5, 0.6) is 5.75 Å². The minimum absolute atomic E-state index is 0.0165. The van der Waals surface area contributed by atoms with E-state index in [1.807, 2.05) is 0 Å². The predicted molar refractivity (Wildman–Crippen MR) is 133 cm³/mol. The van der Waals surface area contributed by atoms with Crippen molar-refractivity contribution in [1.29, 1.82) is 0 Å². The summed E-state index contributed by atoms with van der Waals surface area (Å²) in [5, 5.41) is 0. The number of hydrogen-bond acceptors (Lipinski definition) is 1. The Kier molecular flexibility index (Phi) is 9.76. The van der Waals surface area contributed by atoms with Crippen LogP contribution in [0.1, 0.15) is 121 Å². The maximum Gasteiger partial charge on any atom is 0.126 e. The summed E-state index contributed by atoms with van der Waals surface area (Å²) in [7, 11) is 0. The van der Waals surface area contributed by atoms with Gasteiger partial charge in [0.2, 0.25) is 0 Å². The van der Waals surface area contributed by atoms with Crippen molar-refractivity contribution in [2.45, 2.75) is 132 Å². The van der Waals surface area contributed by atoms with Crippen molar-refractivity contribution in [3.05, 3.63) is 28.3 Å². The zero-order valence-corrected chi connectivity index (χ0v) is 21.5. The van der Waals surface area contributed by atoms with E-state index in [1.54, 1.807) is 0 Å². The van der Waals surface area contributed by atoms with Gasteiger partial charge in [0.1, 0.15) is 11.4 Å². The van der Waals surface area contributed by atoms with Crippen LogP contribution in [-0.2, 0) is 6.42 Å². The average molecular weight is 415 g/mol. The Morgan fingerprint density at radius 2 is 1.40 bits per heavy atom. The zero-order valence-electron chi connectivity index (χ0n) is 21.5. The van der Waals surface area contributed by atoms with Gasteiger partial charge in [0.15, 0.2) is 0 Å². The molecule has 0 aliphatic carbocycles. The molecule has 0 bridgehead atoms. The van der Waals surface area contributed by atoms with Crippen molar-refractivity contribution in [2.75, 3.05) is 0 Å². The Hall–Kier alpha value is -0.980. The number of ether oxygens (including phenoxy) is 1. The second kappa shape index (κ2) is 11.6. The molecule has 0 unspecified atom stereocenters. The highest BCUT2D eigenvalue weighted by atomic mass is 16.5. The number of fused-ring (bicyclic) bond motifs is 1. The van der Waals surface area contributed by atoms with Gasteiger partial charge in [-0.15, -0.1) is 0 Å². The Bertz CT molecular complexity index is 659. The molecule has 0 saturated carbocycles. The quantitative estimate of drug-likeness (QED) is 0.331. The molecule has 1 heterocycles. The van der Waals surface area contributed by atoms with Crippen molar-refractivity contribution in [3.63, 3.8) is 0 Å². The van der Waals surface area contributed by atoms with E-state index in [0.29, 0.717) is 0 Å². The van der Waals surface area contributed by atoms with Crippen LogP contribution in [0.3, 0.4) is 0 Å². The van der Waals surface area contributed by atoms with Crippen molar-refractivity contribution >= 4 is 0 Å². The molecule has 1 aliphatic rings. The number of benzene rings is 1. The van der Waals surface area contributed by atoms with Gasteiger partial charge in [-0.3, -0.25) is 0 Å². The molecule has 1 heteroatoms. The van der Waals surface area contributed by atoms with Crippen LogP contribution in [0.2, 0.25) is 0 Å². The second-order valence-electron chi connectivity index (χ2n) is 11.4. The van der Waals surface area contributed by atoms with Crippen LogP contribution in [0, 0.1) is 38.5 Å². The molecule has 172 valence electrons. The molecular weight excluding hydrogens is 364 g/mol. The lowest BCUT2D eigenvalue weighted by molar-refractivity contribution is 0.0513. The van der Waals surface area contributed by atoms with Crippen LogP contribution in [-0.4, -0.2) is 5.60 Å². The van der Waals surface area contributed by atoms with Gasteiger partial charge in [0.25, 0.3) is 0 Å². The van der Waals surface area contributed by atoms with E-state index in [-0.39, 0.29) is 5.60 Å². The van der Waals surface area contributed by atoms with Gasteiger partial charge in [0.05, 0.1) is 0 Å². The first-order valence-corrected chi connectivity index (χ1v) is 12.9. The highest BCUT2D eigenvalue weighted by molar-refractivity contribution is 5.51. The number of hydrogen-bond donors (Lipinski definition) is 0. The molecule has 0 amide bonds. The molecule has 0 spiro atoms. The molecule has 1 aromatic rings. The van der Waals surface area contributed by atoms with Crippen LogP contribution in [0.15, 0.2) is 6.07 Å². The lowest BCUT2D eigenvalue weighted by Crippen LogP contribution is -2.37. The largest absolute Gasteiger partial charge is 0.487 e. The third-order valence-corrected chi connectivity index (χ3v) is 7.64. The lowest BCUT2D eigenvalue weighted by atomic mass is 9.84. The van der Waals surface area contributed by atoms with E-state index in [9.17, 15) is 0 Å². The first kappa shape index (κ1) is 25.3. The van der Waals surface area contributed by atoms with Gasteiger partial charge in [-0.05, 0) is 93.4 Å². The second-order valence-corrected chi connectivity index (χ2v) is 11.4. The van der Waals surface area contributed by atoms with E-state index < -0.39 is 0 Å². The fraction of sp³-hybridized carbons (Fsp3) is 0.793. The molecule has 0 fully saturated rings. The maximum absolute atomic E-state index is 6.66. The lowest BCUT2D eigenvalue weighted by Gasteiger charge is -2.38. The van der Waals surface area contributed by atoms with E-state index in [4.69, 9.17) is 4.74 Å². The van der Waals surface area contributed by atoms with Crippen molar-refractivity contribution < 1.29 is 4.74 Å². The molecule has 0 radical (unpaired) electrons. The van der Waals surface area contributed by atoms with Gasteiger partial charge < -0.3 is 4.74 Å². The average Bonchev–Trinajstić information content (AvgIpc) is 2.65. The Morgan fingerprint density at radius 3 is 2.00 bits per heavy atom. The van der Waals surface area contributed by atoms with Crippen LogP contribution < -0.4 is 4.74 Å². The van der Waals surface area contributed by atoms with E-state index in [1.165, 1.54) is 92.2 Å². The Labute approximate surface area is 188 Å². The predicted octanol–water partition coefficient (Wildman–Crippen LogP) is 9.13. The summed E-state index contributed by atoms with van der Waals surface area (Å²) in [6.45, 7) is 18.6. The highest BCUT2D eigenvalue weighted by Gasteiger charge is 2.33. The van der Waals surface area contributed by atoms with Crippen molar-refractivity contribution in [2.24, 2.45) is 17.8 Å². The molecule has 0 aromatic heterocycles. The minimum Gasteiger partial charge on any atom is -0.487 e. The van der Waals surface area contributed by atoms with E-state index in [2.05, 4.69) is 61.5 Å². The topological polar surface area (TPSA) is 9.23 Å². The molecule has 0 N–H and O–H groups in total. The van der Waals surface area contributed by atoms with Crippen molar-refractivity contribution in [1.82, 2.24) is 0 Å². The summed E-state index contributed by atoms with van der Waals surface area (Å²) in [6.07, 6.45) is 14.6. The smallest absolute Gasteiger partial charge is 0.126 e. The third kappa shape index (κ3) is 7.61. The first-order chi connectivity index (χ1) is 14.1. The van der Waals surface area contributed by atoms with Gasteiger partial charge in [-0.1, -0.05) is 78.7 Å². The molecule has 1 nitrogen and oxygen atoms in total. The fourth-order valence-corrected chi connectivity index (χ4v) is 5.22. The molecule has 2 rings (SSSR count). The standard InChI is InChI=1S/C29H50O/c1-21(2)12-9-13-22(3)14-10-15-23(4)16-11-18-29(8)19-17-27-25(6)20-24(5)26(7)28(27)30-29/h20-23H,9-19H2,1-8H3/t22-,23+,29-/m1/s1. The Morgan fingerprint density at radius 1 is 0.833 bits per heavy atom. The van der Waals surface area contributed by atoms with E-state index in [0.717, 1.165) is 24.2 Å². The SMILES string of the molecule is Cc1cc(C)c2c(c1C)O[C@](C)(CCC[C@@H](C)CCC[C@H](C)CCCC(C)C)CC2. The zero-order chi connectivity index (χ0) is 22.3. The molecule has 30 heavy (non-hydrogen) atoms. The third-order valence-electron chi connectivity index (χ3n) is 7.64. The fourth-order valence-electron chi connectivity index (χ4n) is 5.22. The van der Waals surface area contributed by atoms with Crippen LogP contribution >= 0.6 is 0 Å². The Balaban J connectivity index is 1.70. The minimum atomic E-state index is 0.0165. The number of rotatable bonds is 12. The van der Waals surface area contributed by atoms with Crippen molar-refractivity contribution in [3.8, 4) is 5.75 Å². The number of aryl methyl sites for hydroxylation is 2. The van der Waals surface area contributed by atoms with Crippen LogP contribution in [0.4, 0.5) is 0 Å². The molecule has 3 atom stereocenters. The normalized spacial score (nSPS) is 20.7. The van der Waals surface area contributed by atoms with Crippen LogP contribution in [0.25, 0.3) is 0 Å². The summed E-state index contributed by atoms with van der Waals surface area (Å²) in [4.78, 5) is 0. The van der Waals surface area contributed by atoms with Gasteiger partial charge in [-0.2, -0.15) is 0 Å². The van der Waals surface area contributed by atoms with Gasteiger partial charge in [-0.25, -0.2) is 0 Å². The summed E-state index contributed by atoms with van der Waals surface area (Å²) in [5.74, 6) is 3.80. The first-order valence-electron chi connectivity index (χ1n) is 12.9. The van der Waals surface area contributed by atoms with Gasteiger partial charge >= 0.3 is 0 Å². The monoisotopic (exact) mass is 414 g/mol.